The number of hydrogen-bond acceptors (Lipinski definition) is 2. The van der Waals surface area contributed by atoms with Crippen molar-refractivity contribution in [3.05, 3.63) is 35.9 Å². The van der Waals surface area contributed by atoms with Crippen molar-refractivity contribution in [2.75, 3.05) is 6.61 Å². The summed E-state index contributed by atoms with van der Waals surface area (Å²) in [6, 6.07) is 9.14. The van der Waals surface area contributed by atoms with Gasteiger partial charge in [0.2, 0.25) is 0 Å². The molecule has 1 aliphatic carbocycles. The molecule has 1 aliphatic rings. The highest BCUT2D eigenvalue weighted by molar-refractivity contribution is 5.89. The summed E-state index contributed by atoms with van der Waals surface area (Å²) in [5.74, 6) is 0.469. The maximum atomic E-state index is 11.6. The summed E-state index contributed by atoms with van der Waals surface area (Å²) < 4.78 is 5.29. The zero-order chi connectivity index (χ0) is 10.9. The van der Waals surface area contributed by atoms with Gasteiger partial charge in [-0.3, -0.25) is 0 Å². The second-order valence-electron chi connectivity index (χ2n) is 4.70. The van der Waals surface area contributed by atoms with Gasteiger partial charge in [0.15, 0.2) is 0 Å². The molecule has 0 unspecified atom stereocenters. The summed E-state index contributed by atoms with van der Waals surface area (Å²) in [6.45, 7) is 4.90. The Morgan fingerprint density at radius 3 is 2.60 bits per heavy atom. The molecule has 0 N–H and O–H groups in total. The van der Waals surface area contributed by atoms with Crippen molar-refractivity contribution in [2.45, 2.75) is 20.3 Å². The molecule has 0 radical (unpaired) electrons. The van der Waals surface area contributed by atoms with Gasteiger partial charge >= 0.3 is 5.97 Å². The van der Waals surface area contributed by atoms with Crippen LogP contribution >= 0.6 is 0 Å². The lowest BCUT2D eigenvalue weighted by Gasteiger charge is -2.10. The van der Waals surface area contributed by atoms with Crippen LogP contribution in [-0.4, -0.2) is 12.6 Å². The van der Waals surface area contributed by atoms with Crippen LogP contribution in [0, 0.1) is 11.3 Å². The number of hydrogen-bond donors (Lipinski definition) is 0. The Morgan fingerprint density at radius 1 is 1.47 bits per heavy atom. The molecule has 15 heavy (non-hydrogen) atoms. The molecule has 0 spiro atoms. The summed E-state index contributed by atoms with van der Waals surface area (Å²) in [5.41, 5.74) is 0.860. The molecule has 2 rings (SSSR count). The molecule has 0 heterocycles. The van der Waals surface area contributed by atoms with Gasteiger partial charge in [-0.1, -0.05) is 32.0 Å². The van der Waals surface area contributed by atoms with E-state index in [-0.39, 0.29) is 11.4 Å². The van der Waals surface area contributed by atoms with Crippen LogP contribution < -0.4 is 0 Å². The number of esters is 1. The molecule has 0 amide bonds. The summed E-state index contributed by atoms with van der Waals surface area (Å²) in [4.78, 5) is 11.6. The lowest BCUT2D eigenvalue weighted by molar-refractivity contribution is 0.0419. The van der Waals surface area contributed by atoms with Crippen molar-refractivity contribution in [2.24, 2.45) is 11.3 Å². The molecule has 0 aromatic heterocycles. The Balaban J connectivity index is 1.89. The van der Waals surface area contributed by atoms with E-state index in [4.69, 9.17) is 4.74 Å². The minimum Gasteiger partial charge on any atom is -0.462 e. The summed E-state index contributed by atoms with van der Waals surface area (Å²) in [7, 11) is 0. The van der Waals surface area contributed by atoms with Gasteiger partial charge < -0.3 is 4.74 Å². The summed E-state index contributed by atoms with van der Waals surface area (Å²) in [6.07, 6.45) is 1.16. The van der Waals surface area contributed by atoms with Crippen molar-refractivity contribution < 1.29 is 9.53 Å². The molecular weight excluding hydrogens is 188 g/mol. The Bertz CT molecular complexity index is 358. The number of ether oxygens (including phenoxy) is 1. The van der Waals surface area contributed by atoms with Crippen molar-refractivity contribution in [3.63, 3.8) is 0 Å². The maximum absolute atomic E-state index is 11.6. The third kappa shape index (κ3) is 2.20. The Morgan fingerprint density at radius 2 is 2.07 bits per heavy atom. The van der Waals surface area contributed by atoms with Gasteiger partial charge in [0.25, 0.3) is 0 Å². The predicted octanol–water partition coefficient (Wildman–Crippen LogP) is 2.89. The van der Waals surface area contributed by atoms with E-state index in [1.165, 1.54) is 0 Å². The van der Waals surface area contributed by atoms with E-state index in [2.05, 4.69) is 13.8 Å². The topological polar surface area (TPSA) is 26.3 Å². The molecule has 1 saturated carbocycles. The first kappa shape index (κ1) is 10.2. The average molecular weight is 204 g/mol. The van der Waals surface area contributed by atoms with E-state index >= 15 is 0 Å². The fourth-order valence-corrected chi connectivity index (χ4v) is 1.73. The van der Waals surface area contributed by atoms with Gasteiger partial charge in [-0.25, -0.2) is 4.79 Å². The third-order valence-electron chi connectivity index (χ3n) is 3.34. The highest BCUT2D eigenvalue weighted by atomic mass is 16.5. The Hall–Kier alpha value is -1.31. The summed E-state index contributed by atoms with van der Waals surface area (Å²) >= 11 is 0. The average Bonchev–Trinajstić information content (AvgIpc) is 2.85. The van der Waals surface area contributed by atoms with E-state index in [0.717, 1.165) is 6.42 Å². The monoisotopic (exact) mass is 204 g/mol. The van der Waals surface area contributed by atoms with Gasteiger partial charge in [-0.2, -0.15) is 0 Å². The van der Waals surface area contributed by atoms with Crippen LogP contribution in [0.1, 0.15) is 30.6 Å². The highest BCUT2D eigenvalue weighted by Crippen LogP contribution is 2.51. The minimum atomic E-state index is -0.212. The molecular formula is C13H16O2. The van der Waals surface area contributed by atoms with Gasteiger partial charge in [0, 0.05) is 5.41 Å². The number of rotatable bonds is 3. The van der Waals surface area contributed by atoms with Crippen molar-refractivity contribution in [1.82, 2.24) is 0 Å². The Labute approximate surface area is 90.3 Å². The van der Waals surface area contributed by atoms with Crippen LogP contribution in [0.25, 0.3) is 0 Å². The van der Waals surface area contributed by atoms with Crippen LogP contribution in [0.4, 0.5) is 0 Å². The van der Waals surface area contributed by atoms with Crippen molar-refractivity contribution >= 4 is 5.97 Å². The van der Waals surface area contributed by atoms with Crippen LogP contribution in [0.5, 0.6) is 0 Å². The normalized spacial score (nSPS) is 28.5. The maximum Gasteiger partial charge on any atom is 0.338 e. The van der Waals surface area contributed by atoms with Crippen molar-refractivity contribution in [3.8, 4) is 0 Å². The lowest BCUT2D eigenvalue weighted by atomic mass is 10.1. The summed E-state index contributed by atoms with van der Waals surface area (Å²) in [5, 5.41) is 0. The molecule has 0 bridgehead atoms. The molecule has 1 aromatic rings. The molecule has 2 heteroatoms. The first-order chi connectivity index (χ1) is 7.12. The van der Waals surface area contributed by atoms with E-state index in [9.17, 15) is 4.79 Å². The van der Waals surface area contributed by atoms with E-state index in [0.29, 0.717) is 18.1 Å². The number of benzene rings is 1. The van der Waals surface area contributed by atoms with Crippen LogP contribution in [0.15, 0.2) is 30.3 Å². The fraction of sp³-hybridized carbons (Fsp3) is 0.462. The highest BCUT2D eigenvalue weighted by Gasteiger charge is 2.47. The molecule has 0 saturated heterocycles. The molecule has 0 aliphatic heterocycles. The second-order valence-corrected chi connectivity index (χ2v) is 4.70. The van der Waals surface area contributed by atoms with E-state index in [1.807, 2.05) is 18.2 Å². The number of carbonyl (C=O) groups is 1. The molecule has 80 valence electrons. The standard InChI is InChI=1S/C13H16O2/c1-10-8-13(10,2)9-15-12(14)11-6-4-3-5-7-11/h3-7,10H,8-9H2,1-2H3/t10-,13-/m1/s1. The molecule has 1 aromatic carbocycles. The van der Waals surface area contributed by atoms with Gasteiger partial charge in [0.05, 0.1) is 12.2 Å². The number of carbonyl (C=O) groups excluding carboxylic acids is 1. The quantitative estimate of drug-likeness (QED) is 0.708. The van der Waals surface area contributed by atoms with Crippen LogP contribution in [-0.2, 0) is 4.74 Å². The first-order valence-electron chi connectivity index (χ1n) is 5.34. The van der Waals surface area contributed by atoms with Crippen LogP contribution in [0.2, 0.25) is 0 Å². The van der Waals surface area contributed by atoms with Crippen LogP contribution in [0.3, 0.4) is 0 Å². The van der Waals surface area contributed by atoms with Gasteiger partial charge in [0.1, 0.15) is 0 Å². The lowest BCUT2D eigenvalue weighted by Crippen LogP contribution is -2.13. The molecule has 2 atom stereocenters. The minimum absolute atomic E-state index is 0.212. The van der Waals surface area contributed by atoms with Crippen molar-refractivity contribution in [1.29, 1.82) is 0 Å². The van der Waals surface area contributed by atoms with Gasteiger partial charge in [-0.15, -0.1) is 0 Å². The second kappa shape index (κ2) is 3.69. The third-order valence-corrected chi connectivity index (χ3v) is 3.34. The van der Waals surface area contributed by atoms with E-state index < -0.39 is 0 Å². The zero-order valence-electron chi connectivity index (χ0n) is 9.19. The van der Waals surface area contributed by atoms with E-state index in [1.54, 1.807) is 12.1 Å². The fourth-order valence-electron chi connectivity index (χ4n) is 1.73. The predicted molar refractivity (Wildman–Crippen MR) is 58.6 cm³/mol. The molecule has 1 fully saturated rings. The zero-order valence-corrected chi connectivity index (χ0v) is 9.19. The van der Waals surface area contributed by atoms with Gasteiger partial charge in [-0.05, 0) is 24.5 Å². The smallest absolute Gasteiger partial charge is 0.338 e. The SMILES string of the molecule is C[C@@H]1C[C@]1(C)COC(=O)c1ccccc1. The Kier molecular flexibility index (Phi) is 2.51. The first-order valence-corrected chi connectivity index (χ1v) is 5.34. The molecule has 2 nitrogen and oxygen atoms in total. The largest absolute Gasteiger partial charge is 0.462 e.